The van der Waals surface area contributed by atoms with Crippen LogP contribution in [0.3, 0.4) is 0 Å². The zero-order chi connectivity index (χ0) is 23.4. The van der Waals surface area contributed by atoms with Gasteiger partial charge in [-0.05, 0) is 37.0 Å². The molecule has 0 radical (unpaired) electrons. The molecule has 6 rings (SSSR count). The van der Waals surface area contributed by atoms with E-state index in [0.717, 1.165) is 41.5 Å². The molecule has 0 bridgehead atoms. The summed E-state index contributed by atoms with van der Waals surface area (Å²) in [6, 6.07) is 14.4. The van der Waals surface area contributed by atoms with Gasteiger partial charge in [-0.1, -0.05) is 36.4 Å². The van der Waals surface area contributed by atoms with E-state index in [1.807, 2.05) is 24.3 Å². The van der Waals surface area contributed by atoms with Gasteiger partial charge in [0.15, 0.2) is 0 Å². The molecule has 2 aromatic carbocycles. The van der Waals surface area contributed by atoms with Crippen LogP contribution in [0.5, 0.6) is 0 Å². The third-order valence-corrected chi connectivity index (χ3v) is 8.10. The van der Waals surface area contributed by atoms with Crippen LogP contribution in [0.1, 0.15) is 48.2 Å². The molecule has 0 amide bonds. The fourth-order valence-corrected chi connectivity index (χ4v) is 6.57. The average Bonchev–Trinajstić information content (AvgIpc) is 3.46. The number of para-hydroxylation sites is 1. The smallest absolute Gasteiger partial charge is 0.323 e. The molecule has 178 valence electrons. The molecule has 7 heteroatoms. The van der Waals surface area contributed by atoms with Crippen LogP contribution in [0.4, 0.5) is 4.39 Å². The Morgan fingerprint density at radius 3 is 2.65 bits per heavy atom. The molecule has 2 fully saturated rings. The minimum absolute atomic E-state index is 0.0821. The molecule has 34 heavy (non-hydrogen) atoms. The van der Waals surface area contributed by atoms with Crippen molar-refractivity contribution in [2.24, 2.45) is 0 Å². The fraction of sp³-hybridized carbons (Fsp3) is 0.444. The summed E-state index contributed by atoms with van der Waals surface area (Å²) in [4.78, 5) is 21.3. The fourth-order valence-electron chi connectivity index (χ4n) is 6.57. The van der Waals surface area contributed by atoms with Gasteiger partial charge in [0, 0.05) is 53.8 Å². The van der Waals surface area contributed by atoms with Crippen molar-refractivity contribution in [3.05, 3.63) is 71.2 Å². The number of halogens is 1. The number of esters is 1. The van der Waals surface area contributed by atoms with E-state index >= 15 is 4.39 Å². The molecule has 4 heterocycles. The minimum Gasteiger partial charge on any atom is -0.468 e. The standard InChI is InChI=1S/C27H30FN3O3/c1-34-27(33)25-14-20-18-6-3-5-9-22(18)29-26(20)24-13-16(30-11-10-17(32)15-30)12-23(31(24)25)19-7-2-4-8-21(19)28/h2-9,16-17,23-25,29,32H,10-15H2,1H3/t16-,17-,23+,24-,25+/m1/s1. The molecule has 0 unspecified atom stereocenters. The predicted octanol–water partition coefficient (Wildman–Crippen LogP) is 3.72. The number of carbonyl (C=O) groups excluding carboxylic acids is 1. The van der Waals surface area contributed by atoms with E-state index in [1.165, 1.54) is 13.2 Å². The van der Waals surface area contributed by atoms with Crippen LogP contribution < -0.4 is 0 Å². The first-order chi connectivity index (χ1) is 16.5. The van der Waals surface area contributed by atoms with Gasteiger partial charge in [-0.15, -0.1) is 0 Å². The Kier molecular flexibility index (Phi) is 5.43. The van der Waals surface area contributed by atoms with Gasteiger partial charge in [-0.3, -0.25) is 14.6 Å². The lowest BCUT2D eigenvalue weighted by Gasteiger charge is -2.52. The highest BCUT2D eigenvalue weighted by atomic mass is 19.1. The van der Waals surface area contributed by atoms with E-state index in [4.69, 9.17) is 4.74 Å². The molecule has 0 aliphatic carbocycles. The minimum atomic E-state index is -0.489. The number of fused-ring (bicyclic) bond motifs is 5. The molecule has 5 atom stereocenters. The van der Waals surface area contributed by atoms with Crippen molar-refractivity contribution in [1.82, 2.24) is 14.8 Å². The first-order valence-corrected chi connectivity index (χ1v) is 12.2. The van der Waals surface area contributed by atoms with Gasteiger partial charge in [0.05, 0.1) is 19.3 Å². The van der Waals surface area contributed by atoms with Gasteiger partial charge in [-0.2, -0.15) is 0 Å². The number of rotatable bonds is 3. The van der Waals surface area contributed by atoms with Crippen LogP contribution in [0, 0.1) is 5.82 Å². The van der Waals surface area contributed by atoms with Crippen LogP contribution >= 0.6 is 0 Å². The number of benzene rings is 2. The molecule has 0 spiro atoms. The Labute approximate surface area is 198 Å². The number of β-amino-alcohol motifs (C(OH)–C–C–N with tert-alkyl or cyclic N) is 1. The molecule has 3 aromatic rings. The van der Waals surface area contributed by atoms with Crippen molar-refractivity contribution in [3.63, 3.8) is 0 Å². The second-order valence-corrected chi connectivity index (χ2v) is 9.87. The summed E-state index contributed by atoms with van der Waals surface area (Å²) in [5, 5.41) is 11.3. The van der Waals surface area contributed by atoms with Crippen molar-refractivity contribution in [3.8, 4) is 0 Å². The van der Waals surface area contributed by atoms with Gasteiger partial charge >= 0.3 is 5.97 Å². The second kappa shape index (κ2) is 8.48. The molecule has 2 saturated heterocycles. The monoisotopic (exact) mass is 463 g/mol. The van der Waals surface area contributed by atoms with Gasteiger partial charge in [0.1, 0.15) is 11.9 Å². The Bertz CT molecular complexity index is 1230. The lowest BCUT2D eigenvalue weighted by molar-refractivity contribution is -0.152. The average molecular weight is 464 g/mol. The van der Waals surface area contributed by atoms with E-state index in [-0.39, 0.29) is 36.0 Å². The number of aliphatic hydroxyl groups excluding tert-OH is 1. The number of nitrogens with one attached hydrogen (secondary N) is 1. The third-order valence-electron chi connectivity index (χ3n) is 8.10. The summed E-state index contributed by atoms with van der Waals surface area (Å²) in [6.45, 7) is 1.48. The van der Waals surface area contributed by atoms with Gasteiger partial charge in [0.2, 0.25) is 0 Å². The second-order valence-electron chi connectivity index (χ2n) is 9.87. The normalized spacial score (nSPS) is 29.7. The quantitative estimate of drug-likeness (QED) is 0.580. The third kappa shape index (κ3) is 3.45. The number of H-pyrrole nitrogens is 1. The van der Waals surface area contributed by atoms with E-state index < -0.39 is 6.04 Å². The first-order valence-electron chi connectivity index (χ1n) is 12.2. The van der Waals surface area contributed by atoms with Crippen LogP contribution in [0.25, 0.3) is 10.9 Å². The predicted molar refractivity (Wildman–Crippen MR) is 127 cm³/mol. The number of aromatic nitrogens is 1. The molecule has 3 aliphatic heterocycles. The maximum absolute atomic E-state index is 15.2. The van der Waals surface area contributed by atoms with Crippen molar-refractivity contribution in [1.29, 1.82) is 0 Å². The van der Waals surface area contributed by atoms with E-state index in [9.17, 15) is 9.90 Å². The molecule has 6 nitrogen and oxygen atoms in total. The lowest BCUT2D eigenvalue weighted by atomic mass is 9.79. The highest BCUT2D eigenvalue weighted by molar-refractivity contribution is 5.87. The first kappa shape index (κ1) is 21.8. The Hall–Kier alpha value is -2.74. The number of piperidine rings is 1. The Balaban J connectivity index is 1.51. The molecular formula is C27H30FN3O3. The molecule has 1 aromatic heterocycles. The molecular weight excluding hydrogens is 433 g/mol. The lowest BCUT2D eigenvalue weighted by Crippen LogP contribution is -2.56. The van der Waals surface area contributed by atoms with Crippen molar-refractivity contribution in [2.45, 2.75) is 56.0 Å². The van der Waals surface area contributed by atoms with Crippen molar-refractivity contribution >= 4 is 16.9 Å². The summed E-state index contributed by atoms with van der Waals surface area (Å²) in [5.74, 6) is -0.531. The van der Waals surface area contributed by atoms with E-state index in [0.29, 0.717) is 24.9 Å². The van der Waals surface area contributed by atoms with E-state index in [2.05, 4.69) is 26.9 Å². The number of likely N-dealkylation sites (tertiary alicyclic amines) is 1. The number of hydrogen-bond acceptors (Lipinski definition) is 5. The van der Waals surface area contributed by atoms with Crippen molar-refractivity contribution in [2.75, 3.05) is 20.2 Å². The summed E-state index contributed by atoms with van der Waals surface area (Å²) in [6.07, 6.45) is 2.49. The maximum Gasteiger partial charge on any atom is 0.323 e. The SMILES string of the molecule is COC(=O)[C@@H]1Cc2c([nH]c3ccccc23)[C@H]2C[C@H](N3CC[C@@H](O)C3)C[C@@H](c3ccccc3F)N21. The van der Waals surface area contributed by atoms with Gasteiger partial charge < -0.3 is 14.8 Å². The number of ether oxygens (including phenoxy) is 1. The number of aliphatic hydroxyl groups is 1. The summed E-state index contributed by atoms with van der Waals surface area (Å²) >= 11 is 0. The number of hydrogen-bond donors (Lipinski definition) is 2. The maximum atomic E-state index is 15.2. The van der Waals surface area contributed by atoms with Crippen molar-refractivity contribution < 1.29 is 19.0 Å². The Morgan fingerprint density at radius 2 is 1.88 bits per heavy atom. The van der Waals surface area contributed by atoms with Crippen LogP contribution in [0.2, 0.25) is 0 Å². The van der Waals surface area contributed by atoms with E-state index in [1.54, 1.807) is 6.07 Å². The van der Waals surface area contributed by atoms with Gasteiger partial charge in [0.25, 0.3) is 0 Å². The number of nitrogens with zero attached hydrogens (tertiary/aromatic N) is 2. The largest absolute Gasteiger partial charge is 0.468 e. The summed E-state index contributed by atoms with van der Waals surface area (Å²) < 4.78 is 20.4. The topological polar surface area (TPSA) is 68.8 Å². The summed E-state index contributed by atoms with van der Waals surface area (Å²) in [7, 11) is 1.43. The Morgan fingerprint density at radius 1 is 1.12 bits per heavy atom. The highest BCUT2D eigenvalue weighted by Crippen LogP contribution is 2.50. The molecule has 3 aliphatic rings. The van der Waals surface area contributed by atoms with Gasteiger partial charge in [-0.25, -0.2) is 4.39 Å². The summed E-state index contributed by atoms with van der Waals surface area (Å²) in [5.41, 5.74) is 3.94. The zero-order valence-corrected chi connectivity index (χ0v) is 19.3. The zero-order valence-electron chi connectivity index (χ0n) is 19.3. The number of methoxy groups -OCH3 is 1. The highest BCUT2D eigenvalue weighted by Gasteiger charge is 2.50. The van der Waals surface area contributed by atoms with Crippen LogP contribution in [-0.4, -0.2) is 64.2 Å². The van der Waals surface area contributed by atoms with Crippen LogP contribution in [-0.2, 0) is 16.0 Å². The molecule has 0 saturated carbocycles. The number of carbonyl (C=O) groups is 1. The molecule has 2 N–H and O–H groups in total. The van der Waals surface area contributed by atoms with Crippen LogP contribution in [0.15, 0.2) is 48.5 Å². The number of aromatic amines is 1.